The van der Waals surface area contributed by atoms with Crippen molar-refractivity contribution in [2.75, 3.05) is 0 Å². The fourth-order valence-electron chi connectivity index (χ4n) is 0.958. The number of amides is 1. The van der Waals surface area contributed by atoms with Crippen LogP contribution in [-0.4, -0.2) is 11.9 Å². The molecule has 1 unspecified atom stereocenters. The van der Waals surface area contributed by atoms with E-state index in [1.165, 1.54) is 6.08 Å². The van der Waals surface area contributed by atoms with Gasteiger partial charge in [-0.15, -0.1) is 0 Å². The number of carbonyl (C=O) groups is 1. The van der Waals surface area contributed by atoms with Gasteiger partial charge in [0.25, 0.3) is 5.91 Å². The minimum absolute atomic E-state index is 0.267. The third kappa shape index (κ3) is 2.46. The summed E-state index contributed by atoms with van der Waals surface area (Å²) in [6, 6.07) is 10.0. The molecule has 1 N–H and O–H groups in total. The van der Waals surface area contributed by atoms with Crippen molar-refractivity contribution in [2.45, 2.75) is 6.04 Å². The highest BCUT2D eigenvalue weighted by Gasteiger charge is 2.08. The molecule has 0 saturated carbocycles. The zero-order chi connectivity index (χ0) is 10.4. The van der Waals surface area contributed by atoms with Crippen LogP contribution in [-0.2, 0) is 0 Å². The largest absolute Gasteiger partial charge is 0.333 e. The zero-order valence-corrected chi connectivity index (χ0v) is 7.60. The summed E-state index contributed by atoms with van der Waals surface area (Å²) in [6.07, 6.45) is 1.39. The quantitative estimate of drug-likeness (QED) is 0.727. The van der Waals surface area contributed by atoms with Crippen LogP contribution in [0.15, 0.2) is 43.0 Å². The Kier molecular flexibility index (Phi) is 3.45. The van der Waals surface area contributed by atoms with Gasteiger partial charge in [0.15, 0.2) is 0 Å². The molecule has 70 valence electrons. The van der Waals surface area contributed by atoms with E-state index < -0.39 is 6.04 Å². The van der Waals surface area contributed by atoms with Crippen molar-refractivity contribution < 1.29 is 4.79 Å². The van der Waals surface area contributed by atoms with Crippen molar-refractivity contribution in [3.63, 3.8) is 0 Å². The lowest BCUT2D eigenvalue weighted by Gasteiger charge is -2.06. The molecule has 3 heteroatoms. The minimum atomic E-state index is -0.636. The molecule has 1 aromatic rings. The maximum absolute atomic E-state index is 11.5. The van der Waals surface area contributed by atoms with E-state index in [-0.39, 0.29) is 5.91 Å². The van der Waals surface area contributed by atoms with Gasteiger partial charge in [0.05, 0.1) is 6.07 Å². The fourth-order valence-corrected chi connectivity index (χ4v) is 0.958. The molecule has 0 saturated heterocycles. The Hall–Kier alpha value is -2.08. The zero-order valence-electron chi connectivity index (χ0n) is 7.60. The maximum atomic E-state index is 11.5. The molecular formula is C11H10N2O. The summed E-state index contributed by atoms with van der Waals surface area (Å²) in [5.74, 6) is -0.267. The first-order valence-electron chi connectivity index (χ1n) is 4.16. The topological polar surface area (TPSA) is 52.9 Å². The smallest absolute Gasteiger partial charge is 0.252 e. The number of carbonyl (C=O) groups excluding carboxylic acids is 1. The van der Waals surface area contributed by atoms with Gasteiger partial charge < -0.3 is 5.32 Å². The molecule has 0 heterocycles. The third-order valence-corrected chi connectivity index (χ3v) is 1.70. The SMILES string of the molecule is C=CC(C#N)NC(=O)c1ccccc1. The Balaban J connectivity index is 2.69. The number of benzene rings is 1. The summed E-state index contributed by atoms with van der Waals surface area (Å²) >= 11 is 0. The molecule has 1 rings (SSSR count). The number of rotatable bonds is 3. The molecule has 0 aliphatic rings. The Morgan fingerprint density at radius 2 is 2.14 bits per heavy atom. The van der Waals surface area contributed by atoms with Gasteiger partial charge in [-0.2, -0.15) is 5.26 Å². The first-order chi connectivity index (χ1) is 6.77. The highest BCUT2D eigenvalue weighted by Crippen LogP contribution is 1.98. The molecular weight excluding hydrogens is 176 g/mol. The van der Waals surface area contributed by atoms with Gasteiger partial charge in [-0.25, -0.2) is 0 Å². The molecule has 1 amide bonds. The average Bonchev–Trinajstić information content (AvgIpc) is 2.26. The van der Waals surface area contributed by atoms with Gasteiger partial charge in [-0.05, 0) is 12.1 Å². The summed E-state index contributed by atoms with van der Waals surface area (Å²) in [6.45, 7) is 3.44. The Morgan fingerprint density at radius 3 is 2.64 bits per heavy atom. The molecule has 0 aliphatic carbocycles. The van der Waals surface area contributed by atoms with Crippen molar-refractivity contribution in [3.05, 3.63) is 48.6 Å². The van der Waals surface area contributed by atoms with Gasteiger partial charge in [-0.3, -0.25) is 4.79 Å². The molecule has 0 bridgehead atoms. The van der Waals surface area contributed by atoms with Gasteiger partial charge in [0.2, 0.25) is 0 Å². The van der Waals surface area contributed by atoms with Crippen LogP contribution in [0.3, 0.4) is 0 Å². The van der Waals surface area contributed by atoms with Crippen LogP contribution < -0.4 is 5.32 Å². The number of nitrogens with one attached hydrogen (secondary N) is 1. The van der Waals surface area contributed by atoms with Crippen molar-refractivity contribution in [1.29, 1.82) is 5.26 Å². The van der Waals surface area contributed by atoms with Gasteiger partial charge in [0.1, 0.15) is 6.04 Å². The molecule has 3 nitrogen and oxygen atoms in total. The minimum Gasteiger partial charge on any atom is -0.333 e. The summed E-state index contributed by atoms with van der Waals surface area (Å²) in [5, 5.41) is 11.1. The van der Waals surface area contributed by atoms with E-state index in [9.17, 15) is 4.79 Å². The average molecular weight is 186 g/mol. The second-order valence-corrected chi connectivity index (χ2v) is 2.68. The first kappa shape index (κ1) is 10.0. The maximum Gasteiger partial charge on any atom is 0.252 e. The van der Waals surface area contributed by atoms with E-state index in [4.69, 9.17) is 5.26 Å². The summed E-state index contributed by atoms with van der Waals surface area (Å²) < 4.78 is 0. The van der Waals surface area contributed by atoms with E-state index in [0.29, 0.717) is 5.56 Å². The standard InChI is InChI=1S/C11H10N2O/c1-2-10(8-12)13-11(14)9-6-4-3-5-7-9/h2-7,10H,1H2,(H,13,14). The predicted molar refractivity (Wildman–Crippen MR) is 53.5 cm³/mol. The molecule has 0 fully saturated rings. The highest BCUT2D eigenvalue weighted by molar-refractivity contribution is 5.94. The van der Waals surface area contributed by atoms with Crippen LogP contribution in [0.4, 0.5) is 0 Å². The molecule has 1 aromatic carbocycles. The van der Waals surface area contributed by atoms with Crippen LogP contribution in [0.2, 0.25) is 0 Å². The van der Waals surface area contributed by atoms with E-state index in [0.717, 1.165) is 0 Å². The van der Waals surface area contributed by atoms with Crippen LogP contribution in [0.1, 0.15) is 10.4 Å². The van der Waals surface area contributed by atoms with E-state index in [1.54, 1.807) is 24.3 Å². The number of nitriles is 1. The van der Waals surface area contributed by atoms with Gasteiger partial charge >= 0.3 is 0 Å². The van der Waals surface area contributed by atoms with E-state index in [2.05, 4.69) is 11.9 Å². The van der Waals surface area contributed by atoms with Crippen molar-refractivity contribution in [2.24, 2.45) is 0 Å². The second-order valence-electron chi connectivity index (χ2n) is 2.68. The molecule has 0 spiro atoms. The number of hydrogen-bond acceptors (Lipinski definition) is 2. The Labute approximate surface area is 82.7 Å². The van der Waals surface area contributed by atoms with Crippen molar-refractivity contribution in [3.8, 4) is 6.07 Å². The Morgan fingerprint density at radius 1 is 1.50 bits per heavy atom. The lowest BCUT2D eigenvalue weighted by atomic mass is 10.2. The van der Waals surface area contributed by atoms with Crippen molar-refractivity contribution >= 4 is 5.91 Å². The lowest BCUT2D eigenvalue weighted by molar-refractivity contribution is 0.0951. The van der Waals surface area contributed by atoms with Gasteiger partial charge in [0, 0.05) is 5.56 Å². The summed E-state index contributed by atoms with van der Waals surface area (Å²) in [4.78, 5) is 11.5. The first-order valence-corrected chi connectivity index (χ1v) is 4.16. The Bertz CT molecular complexity index is 365. The van der Waals surface area contributed by atoms with Crippen LogP contribution in [0, 0.1) is 11.3 Å². The monoisotopic (exact) mass is 186 g/mol. The summed E-state index contributed by atoms with van der Waals surface area (Å²) in [7, 11) is 0. The molecule has 0 aliphatic heterocycles. The van der Waals surface area contributed by atoms with Gasteiger partial charge in [-0.1, -0.05) is 30.9 Å². The van der Waals surface area contributed by atoms with Crippen molar-refractivity contribution in [1.82, 2.24) is 5.32 Å². The number of hydrogen-bond donors (Lipinski definition) is 1. The van der Waals surface area contributed by atoms with Crippen LogP contribution >= 0.6 is 0 Å². The molecule has 14 heavy (non-hydrogen) atoms. The van der Waals surface area contributed by atoms with Crippen LogP contribution in [0.25, 0.3) is 0 Å². The molecule has 0 radical (unpaired) electrons. The molecule has 0 aromatic heterocycles. The second kappa shape index (κ2) is 4.83. The van der Waals surface area contributed by atoms with Crippen LogP contribution in [0.5, 0.6) is 0 Å². The van der Waals surface area contributed by atoms with E-state index in [1.807, 2.05) is 12.1 Å². The predicted octanol–water partition coefficient (Wildman–Crippen LogP) is 1.49. The third-order valence-electron chi connectivity index (χ3n) is 1.70. The fraction of sp³-hybridized carbons (Fsp3) is 0.0909. The highest BCUT2D eigenvalue weighted by atomic mass is 16.1. The lowest BCUT2D eigenvalue weighted by Crippen LogP contribution is -2.31. The normalized spacial score (nSPS) is 11.1. The number of nitrogens with zero attached hydrogens (tertiary/aromatic N) is 1. The van der Waals surface area contributed by atoms with E-state index >= 15 is 0 Å². The molecule has 1 atom stereocenters. The summed E-state index contributed by atoms with van der Waals surface area (Å²) in [5.41, 5.74) is 0.537.